The summed E-state index contributed by atoms with van der Waals surface area (Å²) >= 11 is 11.7. The number of halogens is 2. The molecule has 0 aliphatic rings. The standard InChI is InChI=1S/C13H16Cl2O2/c1-4-5-17-13-8(2)6-10(15)9(3)12(13)11(16)7-14/h6H,4-5,7H2,1-3H3. The quantitative estimate of drug-likeness (QED) is 0.595. The van der Waals surface area contributed by atoms with E-state index in [1.165, 1.54) is 0 Å². The predicted octanol–water partition coefficient (Wildman–Crippen LogP) is 4.17. The van der Waals surface area contributed by atoms with Gasteiger partial charge < -0.3 is 4.74 Å². The Bertz CT molecular complexity index is 428. The summed E-state index contributed by atoms with van der Waals surface area (Å²) in [6.45, 7) is 6.27. The van der Waals surface area contributed by atoms with Gasteiger partial charge in [0.05, 0.1) is 18.1 Å². The SMILES string of the molecule is CCCOc1c(C)cc(Cl)c(C)c1C(=O)CCl. The Balaban J connectivity index is 3.33. The van der Waals surface area contributed by atoms with Crippen molar-refractivity contribution in [2.45, 2.75) is 27.2 Å². The number of carbonyl (C=O) groups is 1. The number of carbonyl (C=O) groups excluding carboxylic acids is 1. The van der Waals surface area contributed by atoms with Crippen molar-refractivity contribution < 1.29 is 9.53 Å². The number of hydrogen-bond acceptors (Lipinski definition) is 2. The lowest BCUT2D eigenvalue weighted by Gasteiger charge is -2.16. The van der Waals surface area contributed by atoms with E-state index in [4.69, 9.17) is 27.9 Å². The Kier molecular flexibility index (Phi) is 5.29. The van der Waals surface area contributed by atoms with Crippen molar-refractivity contribution in [1.29, 1.82) is 0 Å². The lowest BCUT2D eigenvalue weighted by Crippen LogP contribution is -2.10. The molecule has 17 heavy (non-hydrogen) atoms. The van der Waals surface area contributed by atoms with Gasteiger partial charge in [0.15, 0.2) is 5.78 Å². The molecule has 0 bridgehead atoms. The second-order valence-corrected chi connectivity index (χ2v) is 4.58. The van der Waals surface area contributed by atoms with E-state index < -0.39 is 0 Å². The highest BCUT2D eigenvalue weighted by Crippen LogP contribution is 2.32. The number of alkyl halides is 1. The summed E-state index contributed by atoms with van der Waals surface area (Å²) in [7, 11) is 0. The van der Waals surface area contributed by atoms with Crippen LogP contribution in [0.1, 0.15) is 34.8 Å². The minimum atomic E-state index is -0.152. The molecule has 4 heteroatoms. The van der Waals surface area contributed by atoms with Crippen LogP contribution in [0, 0.1) is 13.8 Å². The number of rotatable bonds is 5. The number of ketones is 1. The summed E-state index contributed by atoms with van der Waals surface area (Å²) in [6.07, 6.45) is 0.885. The van der Waals surface area contributed by atoms with Crippen molar-refractivity contribution in [2.75, 3.05) is 12.5 Å². The second-order valence-electron chi connectivity index (χ2n) is 3.91. The fourth-order valence-electron chi connectivity index (χ4n) is 1.64. The highest BCUT2D eigenvalue weighted by Gasteiger charge is 2.19. The van der Waals surface area contributed by atoms with Crippen LogP contribution in [-0.2, 0) is 0 Å². The first-order valence-corrected chi connectivity index (χ1v) is 6.45. The van der Waals surface area contributed by atoms with Crippen LogP contribution in [0.15, 0.2) is 6.07 Å². The molecule has 1 rings (SSSR count). The first-order valence-electron chi connectivity index (χ1n) is 5.54. The fourth-order valence-corrected chi connectivity index (χ4v) is 2.04. The van der Waals surface area contributed by atoms with Gasteiger partial charge in [0.25, 0.3) is 0 Å². The molecule has 0 N–H and O–H groups in total. The number of aryl methyl sites for hydroxylation is 1. The van der Waals surface area contributed by atoms with Gasteiger partial charge in [-0.3, -0.25) is 4.79 Å². The van der Waals surface area contributed by atoms with Crippen LogP contribution in [-0.4, -0.2) is 18.3 Å². The summed E-state index contributed by atoms with van der Waals surface area (Å²) in [4.78, 5) is 11.9. The van der Waals surface area contributed by atoms with Crippen LogP contribution >= 0.6 is 23.2 Å². The van der Waals surface area contributed by atoms with Gasteiger partial charge in [-0.05, 0) is 37.5 Å². The van der Waals surface area contributed by atoms with E-state index in [2.05, 4.69) is 0 Å². The summed E-state index contributed by atoms with van der Waals surface area (Å²) in [6, 6.07) is 1.81. The molecule has 0 aliphatic heterocycles. The molecule has 94 valence electrons. The molecule has 0 heterocycles. The molecule has 0 amide bonds. The Morgan fingerprint density at radius 1 is 1.41 bits per heavy atom. The smallest absolute Gasteiger partial charge is 0.181 e. The van der Waals surface area contributed by atoms with E-state index >= 15 is 0 Å². The van der Waals surface area contributed by atoms with E-state index in [0.717, 1.165) is 17.5 Å². The van der Waals surface area contributed by atoms with Crippen molar-refractivity contribution in [3.05, 3.63) is 27.8 Å². The van der Waals surface area contributed by atoms with Crippen molar-refractivity contribution >= 4 is 29.0 Å². The molecule has 0 atom stereocenters. The predicted molar refractivity (Wildman–Crippen MR) is 71.8 cm³/mol. The summed E-state index contributed by atoms with van der Waals surface area (Å²) in [5.41, 5.74) is 2.11. The van der Waals surface area contributed by atoms with Gasteiger partial charge in [-0.25, -0.2) is 0 Å². The van der Waals surface area contributed by atoms with Gasteiger partial charge >= 0.3 is 0 Å². The zero-order valence-corrected chi connectivity index (χ0v) is 11.8. The molecule has 0 saturated carbocycles. The van der Waals surface area contributed by atoms with Crippen molar-refractivity contribution in [2.24, 2.45) is 0 Å². The maximum atomic E-state index is 11.9. The van der Waals surface area contributed by atoms with Gasteiger partial charge in [-0.15, -0.1) is 11.6 Å². The lowest BCUT2D eigenvalue weighted by molar-refractivity contribution is 0.101. The number of hydrogen-bond donors (Lipinski definition) is 0. The molecular formula is C13H16Cl2O2. The van der Waals surface area contributed by atoms with E-state index in [1.54, 1.807) is 6.92 Å². The second kappa shape index (κ2) is 6.27. The van der Waals surface area contributed by atoms with E-state index in [1.807, 2.05) is 19.9 Å². The normalized spacial score (nSPS) is 10.4. The Morgan fingerprint density at radius 2 is 2.06 bits per heavy atom. The van der Waals surface area contributed by atoms with Crippen LogP contribution in [0.4, 0.5) is 0 Å². The molecule has 0 radical (unpaired) electrons. The third-order valence-corrected chi connectivity index (χ3v) is 3.15. The van der Waals surface area contributed by atoms with Gasteiger partial charge in [0.2, 0.25) is 0 Å². The number of ether oxygens (including phenoxy) is 1. The Hall–Kier alpha value is -0.730. The number of Topliss-reactive ketones (excluding diaryl/α,β-unsaturated/α-hetero) is 1. The molecule has 0 unspecified atom stereocenters. The fraction of sp³-hybridized carbons (Fsp3) is 0.462. The largest absolute Gasteiger partial charge is 0.493 e. The molecule has 0 spiro atoms. The van der Waals surface area contributed by atoms with Crippen LogP contribution in [0.5, 0.6) is 5.75 Å². The van der Waals surface area contributed by atoms with Crippen molar-refractivity contribution in [3.8, 4) is 5.75 Å². The van der Waals surface area contributed by atoms with Gasteiger partial charge in [-0.1, -0.05) is 18.5 Å². The topological polar surface area (TPSA) is 26.3 Å². The molecule has 0 saturated heterocycles. The van der Waals surface area contributed by atoms with Crippen LogP contribution < -0.4 is 4.74 Å². The third-order valence-electron chi connectivity index (χ3n) is 2.51. The Labute approximate surface area is 112 Å². The molecular weight excluding hydrogens is 259 g/mol. The average Bonchev–Trinajstić information content (AvgIpc) is 2.31. The highest BCUT2D eigenvalue weighted by molar-refractivity contribution is 6.34. The molecule has 0 aliphatic carbocycles. The Morgan fingerprint density at radius 3 is 2.59 bits per heavy atom. The van der Waals surface area contributed by atoms with E-state index in [9.17, 15) is 4.79 Å². The minimum absolute atomic E-state index is 0.0664. The van der Waals surface area contributed by atoms with Crippen molar-refractivity contribution in [1.82, 2.24) is 0 Å². The van der Waals surface area contributed by atoms with Crippen LogP contribution in [0.2, 0.25) is 5.02 Å². The maximum Gasteiger partial charge on any atom is 0.181 e. The maximum absolute atomic E-state index is 11.9. The van der Waals surface area contributed by atoms with Crippen LogP contribution in [0.3, 0.4) is 0 Å². The van der Waals surface area contributed by atoms with Gasteiger partial charge in [-0.2, -0.15) is 0 Å². The minimum Gasteiger partial charge on any atom is -0.493 e. The molecule has 0 fully saturated rings. The van der Waals surface area contributed by atoms with Crippen LogP contribution in [0.25, 0.3) is 0 Å². The van der Waals surface area contributed by atoms with E-state index in [0.29, 0.717) is 22.9 Å². The summed E-state index contributed by atoms with van der Waals surface area (Å²) in [5, 5.41) is 0.569. The highest BCUT2D eigenvalue weighted by atomic mass is 35.5. The summed E-state index contributed by atoms with van der Waals surface area (Å²) in [5.74, 6) is 0.392. The summed E-state index contributed by atoms with van der Waals surface area (Å²) < 4.78 is 5.64. The van der Waals surface area contributed by atoms with Gasteiger partial charge in [0.1, 0.15) is 5.75 Å². The molecule has 1 aromatic carbocycles. The van der Waals surface area contributed by atoms with Crippen molar-refractivity contribution in [3.63, 3.8) is 0 Å². The average molecular weight is 275 g/mol. The zero-order valence-electron chi connectivity index (χ0n) is 10.3. The lowest BCUT2D eigenvalue weighted by atomic mass is 10.0. The first-order chi connectivity index (χ1) is 8.02. The molecule has 0 aromatic heterocycles. The molecule has 1 aromatic rings. The molecule has 2 nitrogen and oxygen atoms in total. The monoisotopic (exact) mass is 274 g/mol. The first kappa shape index (κ1) is 14.3. The number of benzene rings is 1. The zero-order chi connectivity index (χ0) is 13.0. The third kappa shape index (κ3) is 3.14. The van der Waals surface area contributed by atoms with E-state index in [-0.39, 0.29) is 11.7 Å². The van der Waals surface area contributed by atoms with Gasteiger partial charge in [0, 0.05) is 5.02 Å².